The van der Waals surface area contributed by atoms with E-state index in [0.717, 1.165) is 13.0 Å². The van der Waals surface area contributed by atoms with Crippen LogP contribution in [0.1, 0.15) is 41.0 Å². The van der Waals surface area contributed by atoms with Gasteiger partial charge in [-0.1, -0.05) is 6.92 Å². The molecule has 6 heteroatoms. The van der Waals surface area contributed by atoms with Gasteiger partial charge < -0.3 is 29.5 Å². The zero-order chi connectivity index (χ0) is 16.7. The Kier molecular flexibility index (Phi) is 17.7. The predicted molar refractivity (Wildman–Crippen MR) is 82.4 cm³/mol. The second-order valence-corrected chi connectivity index (χ2v) is 5.24. The number of hydrogen-bond donors (Lipinski definition) is 3. The van der Waals surface area contributed by atoms with Gasteiger partial charge in [-0.3, -0.25) is 0 Å². The van der Waals surface area contributed by atoms with Crippen molar-refractivity contribution in [3.63, 3.8) is 0 Å². The minimum Gasteiger partial charge on any atom is -0.394 e. The summed E-state index contributed by atoms with van der Waals surface area (Å²) >= 11 is 0. The molecule has 0 aliphatic rings. The molecular formula is C15H34O6. The lowest BCUT2D eigenvalue weighted by Crippen LogP contribution is -2.24. The van der Waals surface area contributed by atoms with E-state index >= 15 is 0 Å². The van der Waals surface area contributed by atoms with E-state index in [1.54, 1.807) is 20.8 Å². The van der Waals surface area contributed by atoms with Crippen molar-refractivity contribution in [3.05, 3.63) is 0 Å². The zero-order valence-corrected chi connectivity index (χ0v) is 14.1. The largest absolute Gasteiger partial charge is 0.394 e. The second kappa shape index (κ2) is 16.1. The maximum absolute atomic E-state index is 8.92. The highest BCUT2D eigenvalue weighted by Crippen LogP contribution is 1.97. The molecule has 0 aromatic carbocycles. The molecule has 4 unspecified atom stereocenters. The van der Waals surface area contributed by atoms with Crippen LogP contribution in [0, 0.1) is 0 Å². The molecule has 21 heavy (non-hydrogen) atoms. The molecule has 130 valence electrons. The quantitative estimate of drug-likeness (QED) is 0.493. The van der Waals surface area contributed by atoms with Crippen LogP contribution in [0.3, 0.4) is 0 Å². The molecule has 0 aromatic heterocycles. The second-order valence-electron chi connectivity index (χ2n) is 5.24. The van der Waals surface area contributed by atoms with E-state index in [2.05, 4.69) is 0 Å². The lowest BCUT2D eigenvalue weighted by Gasteiger charge is -2.16. The molecule has 0 radical (unpaired) electrons. The zero-order valence-electron chi connectivity index (χ0n) is 14.1. The van der Waals surface area contributed by atoms with Gasteiger partial charge in [0, 0.05) is 6.61 Å². The predicted octanol–water partition coefficient (Wildman–Crippen LogP) is 0.964. The fraction of sp³-hybridized carbons (Fsp3) is 1.00. The van der Waals surface area contributed by atoms with Gasteiger partial charge in [0.2, 0.25) is 0 Å². The first-order valence-corrected chi connectivity index (χ1v) is 7.61. The SMILES string of the molecule is CC(O)COC(C)COC(C)CO.CCCOCC(C)O. The fourth-order valence-corrected chi connectivity index (χ4v) is 1.10. The van der Waals surface area contributed by atoms with Crippen LogP contribution in [0.15, 0.2) is 0 Å². The number of aliphatic hydroxyl groups excluding tert-OH is 3. The van der Waals surface area contributed by atoms with Crippen LogP contribution in [-0.2, 0) is 14.2 Å². The Hall–Kier alpha value is -0.240. The number of aliphatic hydroxyl groups is 3. The van der Waals surface area contributed by atoms with E-state index in [1.165, 1.54) is 0 Å². The van der Waals surface area contributed by atoms with Crippen molar-refractivity contribution in [3.8, 4) is 0 Å². The highest BCUT2D eigenvalue weighted by atomic mass is 16.5. The Labute approximate surface area is 129 Å². The molecule has 0 aliphatic heterocycles. The monoisotopic (exact) mass is 310 g/mol. The first kappa shape index (κ1) is 23.0. The third-order valence-electron chi connectivity index (χ3n) is 2.20. The summed E-state index contributed by atoms with van der Waals surface area (Å²) in [5.74, 6) is 0. The molecule has 0 saturated carbocycles. The van der Waals surface area contributed by atoms with Gasteiger partial charge >= 0.3 is 0 Å². The molecule has 0 aliphatic carbocycles. The summed E-state index contributed by atoms with van der Waals surface area (Å²) in [5, 5.41) is 26.2. The van der Waals surface area contributed by atoms with Gasteiger partial charge in [-0.05, 0) is 34.1 Å². The summed E-state index contributed by atoms with van der Waals surface area (Å²) in [6.45, 7) is 11.1. The van der Waals surface area contributed by atoms with Crippen molar-refractivity contribution in [1.29, 1.82) is 0 Å². The minimum atomic E-state index is -0.447. The van der Waals surface area contributed by atoms with E-state index in [0.29, 0.717) is 19.8 Å². The third-order valence-corrected chi connectivity index (χ3v) is 2.20. The van der Waals surface area contributed by atoms with Crippen molar-refractivity contribution in [2.75, 3.05) is 33.0 Å². The van der Waals surface area contributed by atoms with Gasteiger partial charge in [-0.15, -0.1) is 0 Å². The van der Waals surface area contributed by atoms with Gasteiger partial charge in [0.25, 0.3) is 0 Å². The Balaban J connectivity index is 0. The van der Waals surface area contributed by atoms with Crippen LogP contribution in [0.25, 0.3) is 0 Å². The summed E-state index contributed by atoms with van der Waals surface area (Å²) in [4.78, 5) is 0. The Bertz CT molecular complexity index is 199. The van der Waals surface area contributed by atoms with Crippen LogP contribution < -0.4 is 0 Å². The normalized spacial score (nSPS) is 16.6. The third kappa shape index (κ3) is 22.2. The summed E-state index contributed by atoms with van der Waals surface area (Å²) in [6, 6.07) is 0. The number of hydrogen-bond acceptors (Lipinski definition) is 6. The van der Waals surface area contributed by atoms with Crippen molar-refractivity contribution < 1.29 is 29.5 Å². The Morgan fingerprint density at radius 1 is 0.810 bits per heavy atom. The van der Waals surface area contributed by atoms with Gasteiger partial charge in [0.05, 0.1) is 50.8 Å². The molecular weight excluding hydrogens is 276 g/mol. The standard InChI is InChI=1S/C9H20O4.C6H14O2/c1-7(11)5-12-9(3)6-13-8(2)4-10;1-3-4-8-5-6(2)7/h7-11H,4-6H2,1-3H3;6-7H,3-5H2,1-2H3. The van der Waals surface area contributed by atoms with E-state index < -0.39 is 6.10 Å². The molecule has 0 fully saturated rings. The minimum absolute atomic E-state index is 0.0170. The molecule has 6 nitrogen and oxygen atoms in total. The molecule has 3 N–H and O–H groups in total. The maximum atomic E-state index is 8.92. The smallest absolute Gasteiger partial charge is 0.0781 e. The first-order chi connectivity index (χ1) is 9.83. The van der Waals surface area contributed by atoms with E-state index in [9.17, 15) is 0 Å². The number of ether oxygens (including phenoxy) is 3. The van der Waals surface area contributed by atoms with Crippen LogP contribution in [0.2, 0.25) is 0 Å². The first-order valence-electron chi connectivity index (χ1n) is 7.61. The Morgan fingerprint density at radius 2 is 1.33 bits per heavy atom. The average Bonchev–Trinajstić information content (AvgIpc) is 2.43. The summed E-state index contributed by atoms with van der Waals surface area (Å²) < 4.78 is 15.5. The van der Waals surface area contributed by atoms with E-state index in [-0.39, 0.29) is 24.9 Å². The van der Waals surface area contributed by atoms with Crippen LogP contribution in [0.4, 0.5) is 0 Å². The molecule has 0 spiro atoms. The van der Waals surface area contributed by atoms with Gasteiger partial charge in [-0.25, -0.2) is 0 Å². The van der Waals surface area contributed by atoms with Crippen LogP contribution in [0.5, 0.6) is 0 Å². The summed E-state index contributed by atoms with van der Waals surface area (Å²) in [6.07, 6.45) is 0.0488. The van der Waals surface area contributed by atoms with Gasteiger partial charge in [-0.2, -0.15) is 0 Å². The molecule has 0 heterocycles. The van der Waals surface area contributed by atoms with Crippen LogP contribution >= 0.6 is 0 Å². The lowest BCUT2D eigenvalue weighted by atomic mass is 10.4. The molecule has 0 saturated heterocycles. The highest BCUT2D eigenvalue weighted by Gasteiger charge is 2.07. The van der Waals surface area contributed by atoms with Crippen molar-refractivity contribution >= 4 is 0 Å². The summed E-state index contributed by atoms with van der Waals surface area (Å²) in [5.41, 5.74) is 0. The topological polar surface area (TPSA) is 88.4 Å². The summed E-state index contributed by atoms with van der Waals surface area (Å²) in [7, 11) is 0. The van der Waals surface area contributed by atoms with Crippen molar-refractivity contribution in [2.24, 2.45) is 0 Å². The molecule has 4 atom stereocenters. The lowest BCUT2D eigenvalue weighted by molar-refractivity contribution is -0.0620. The van der Waals surface area contributed by atoms with Crippen molar-refractivity contribution in [1.82, 2.24) is 0 Å². The maximum Gasteiger partial charge on any atom is 0.0781 e. The van der Waals surface area contributed by atoms with Gasteiger partial charge in [0.1, 0.15) is 0 Å². The van der Waals surface area contributed by atoms with Crippen LogP contribution in [-0.4, -0.2) is 72.8 Å². The van der Waals surface area contributed by atoms with Crippen molar-refractivity contribution in [2.45, 2.75) is 65.5 Å². The Morgan fingerprint density at radius 3 is 1.76 bits per heavy atom. The molecule has 0 amide bonds. The highest BCUT2D eigenvalue weighted by molar-refractivity contribution is 4.52. The van der Waals surface area contributed by atoms with E-state index in [4.69, 9.17) is 29.5 Å². The van der Waals surface area contributed by atoms with Gasteiger partial charge in [0.15, 0.2) is 0 Å². The average molecular weight is 310 g/mol. The fourth-order valence-electron chi connectivity index (χ4n) is 1.10. The molecule has 0 bridgehead atoms. The molecule has 0 aromatic rings. The molecule has 0 rings (SSSR count). The van der Waals surface area contributed by atoms with E-state index in [1.807, 2.05) is 13.8 Å². The number of rotatable bonds is 11.